The van der Waals surface area contributed by atoms with E-state index in [4.69, 9.17) is 11.6 Å². The monoisotopic (exact) mass is 272 g/mol. The molecule has 6 heteroatoms. The highest BCUT2D eigenvalue weighted by Crippen LogP contribution is 2.24. The maximum absolute atomic E-state index is 10.2. The van der Waals surface area contributed by atoms with Gasteiger partial charge in [0.2, 0.25) is 0 Å². The third-order valence-corrected chi connectivity index (χ3v) is 3.38. The first-order valence-electron chi connectivity index (χ1n) is 6.35. The van der Waals surface area contributed by atoms with Crippen molar-refractivity contribution in [2.45, 2.75) is 31.5 Å². The average Bonchev–Trinajstić information content (AvgIpc) is 3.07. The van der Waals surface area contributed by atoms with E-state index in [0.717, 1.165) is 13.1 Å². The first-order valence-corrected chi connectivity index (χ1v) is 6.73. The smallest absolute Gasteiger partial charge is 0.110 e. The minimum Gasteiger partial charge on any atom is -0.385 e. The molecule has 1 saturated carbocycles. The summed E-state index contributed by atoms with van der Waals surface area (Å²) in [7, 11) is 4.02. The summed E-state index contributed by atoms with van der Waals surface area (Å²) in [4.78, 5) is 2.08. The lowest BCUT2D eigenvalue weighted by Crippen LogP contribution is -2.26. The number of nitrogens with one attached hydrogen (secondary N) is 1. The molecule has 5 nitrogen and oxygen atoms in total. The quantitative estimate of drug-likeness (QED) is 0.774. The highest BCUT2D eigenvalue weighted by Gasteiger charge is 2.24. The molecular weight excluding hydrogens is 252 g/mol. The van der Waals surface area contributed by atoms with Crippen LogP contribution in [0.3, 0.4) is 0 Å². The fourth-order valence-electron chi connectivity index (χ4n) is 1.84. The van der Waals surface area contributed by atoms with Gasteiger partial charge in [0, 0.05) is 19.1 Å². The molecule has 1 unspecified atom stereocenters. The lowest BCUT2D eigenvalue weighted by molar-refractivity contribution is 0.162. The standard InChI is InChI=1S/C12H21ClN4O/c1-16(2)5-6-17-12(10(13)7-15-17)11(18)8-14-9-3-4-9/h7,9,11,14,18H,3-6,8H2,1-2H3. The number of aromatic nitrogens is 2. The van der Waals surface area contributed by atoms with E-state index in [9.17, 15) is 5.11 Å². The Labute approximate surface area is 113 Å². The first kappa shape index (κ1) is 13.8. The molecule has 0 radical (unpaired) electrons. The summed E-state index contributed by atoms with van der Waals surface area (Å²) in [6.45, 7) is 2.14. The number of aliphatic hydroxyl groups excluding tert-OH is 1. The van der Waals surface area contributed by atoms with Crippen LogP contribution in [0.4, 0.5) is 0 Å². The number of rotatable bonds is 7. The highest BCUT2D eigenvalue weighted by molar-refractivity contribution is 6.31. The van der Waals surface area contributed by atoms with Crippen LogP contribution < -0.4 is 5.32 Å². The number of hydrogen-bond acceptors (Lipinski definition) is 4. The normalized spacial score (nSPS) is 17.4. The van der Waals surface area contributed by atoms with Crippen molar-refractivity contribution in [1.29, 1.82) is 0 Å². The lowest BCUT2D eigenvalue weighted by Gasteiger charge is -2.16. The predicted octanol–water partition coefficient (Wildman–Crippen LogP) is 0.883. The molecule has 0 bridgehead atoms. The molecule has 1 aromatic heterocycles. The van der Waals surface area contributed by atoms with E-state index in [1.807, 2.05) is 14.1 Å². The summed E-state index contributed by atoms with van der Waals surface area (Å²) >= 11 is 6.10. The molecule has 18 heavy (non-hydrogen) atoms. The van der Waals surface area contributed by atoms with Crippen LogP contribution in [0.15, 0.2) is 6.20 Å². The number of nitrogens with zero attached hydrogens (tertiary/aromatic N) is 3. The van der Waals surface area contributed by atoms with Gasteiger partial charge in [-0.1, -0.05) is 11.6 Å². The molecule has 1 aliphatic rings. The van der Waals surface area contributed by atoms with E-state index < -0.39 is 6.10 Å². The van der Waals surface area contributed by atoms with Crippen LogP contribution in [0.5, 0.6) is 0 Å². The Balaban J connectivity index is 1.97. The van der Waals surface area contributed by atoms with Crippen molar-refractivity contribution >= 4 is 11.6 Å². The summed E-state index contributed by atoms with van der Waals surface area (Å²) in [6.07, 6.45) is 3.43. The Kier molecular flexibility index (Phi) is 4.61. The Morgan fingerprint density at radius 1 is 1.61 bits per heavy atom. The van der Waals surface area contributed by atoms with E-state index in [1.54, 1.807) is 10.9 Å². The van der Waals surface area contributed by atoms with Crippen molar-refractivity contribution in [2.24, 2.45) is 0 Å². The van der Waals surface area contributed by atoms with Gasteiger partial charge < -0.3 is 15.3 Å². The SMILES string of the molecule is CN(C)CCn1ncc(Cl)c1C(O)CNC1CC1. The van der Waals surface area contributed by atoms with Crippen molar-refractivity contribution in [3.63, 3.8) is 0 Å². The molecule has 1 fully saturated rings. The molecule has 1 aromatic rings. The lowest BCUT2D eigenvalue weighted by atomic mass is 10.2. The summed E-state index contributed by atoms with van der Waals surface area (Å²) in [5.74, 6) is 0. The molecule has 2 rings (SSSR count). The molecule has 0 amide bonds. The highest BCUT2D eigenvalue weighted by atomic mass is 35.5. The molecule has 0 aromatic carbocycles. The number of halogens is 1. The second-order valence-electron chi connectivity index (χ2n) is 5.10. The summed E-state index contributed by atoms with van der Waals surface area (Å²) in [5.41, 5.74) is 0.715. The Morgan fingerprint density at radius 2 is 2.33 bits per heavy atom. The molecule has 0 aliphatic heterocycles. The number of likely N-dealkylation sites (N-methyl/N-ethyl adjacent to an activating group) is 1. The summed E-state index contributed by atoms with van der Waals surface area (Å²) < 4.78 is 1.79. The van der Waals surface area contributed by atoms with Gasteiger partial charge in [-0.15, -0.1) is 0 Å². The van der Waals surface area contributed by atoms with Crippen LogP contribution in [-0.4, -0.2) is 53.0 Å². The third-order valence-electron chi connectivity index (χ3n) is 3.09. The van der Waals surface area contributed by atoms with Gasteiger partial charge >= 0.3 is 0 Å². The minimum absolute atomic E-state index is 0.540. The fraction of sp³-hybridized carbons (Fsp3) is 0.750. The van der Waals surface area contributed by atoms with Crippen LogP contribution in [0, 0.1) is 0 Å². The average molecular weight is 273 g/mol. The maximum Gasteiger partial charge on any atom is 0.110 e. The zero-order valence-corrected chi connectivity index (χ0v) is 11.7. The maximum atomic E-state index is 10.2. The number of hydrogen-bond donors (Lipinski definition) is 2. The molecule has 2 N–H and O–H groups in total. The van der Waals surface area contributed by atoms with Crippen molar-refractivity contribution in [3.8, 4) is 0 Å². The van der Waals surface area contributed by atoms with E-state index in [1.165, 1.54) is 12.8 Å². The molecule has 1 aliphatic carbocycles. The summed E-state index contributed by atoms with van der Waals surface area (Å²) in [5, 5.41) is 18.3. The van der Waals surface area contributed by atoms with Gasteiger partial charge in [-0.2, -0.15) is 5.10 Å². The molecular formula is C12H21ClN4O. The molecule has 1 atom stereocenters. The van der Waals surface area contributed by atoms with Gasteiger partial charge in [-0.3, -0.25) is 4.68 Å². The molecule has 102 valence electrons. The van der Waals surface area contributed by atoms with E-state index in [2.05, 4.69) is 15.3 Å². The zero-order chi connectivity index (χ0) is 13.1. The molecule has 0 saturated heterocycles. The van der Waals surface area contributed by atoms with Gasteiger partial charge in [-0.05, 0) is 26.9 Å². The van der Waals surface area contributed by atoms with Crippen molar-refractivity contribution in [2.75, 3.05) is 27.2 Å². The van der Waals surface area contributed by atoms with Gasteiger partial charge in [-0.25, -0.2) is 0 Å². The van der Waals surface area contributed by atoms with Crippen LogP contribution in [-0.2, 0) is 6.54 Å². The molecule has 1 heterocycles. The van der Waals surface area contributed by atoms with Gasteiger partial charge in [0.1, 0.15) is 6.10 Å². The second kappa shape index (κ2) is 6.02. The van der Waals surface area contributed by atoms with Crippen molar-refractivity contribution in [1.82, 2.24) is 20.0 Å². The van der Waals surface area contributed by atoms with Gasteiger partial charge in [0.15, 0.2) is 0 Å². The minimum atomic E-state index is -0.595. The van der Waals surface area contributed by atoms with Crippen LogP contribution in [0.1, 0.15) is 24.6 Å². The third kappa shape index (κ3) is 3.68. The van der Waals surface area contributed by atoms with Crippen molar-refractivity contribution < 1.29 is 5.11 Å². The Bertz CT molecular complexity index is 389. The van der Waals surface area contributed by atoms with Crippen molar-refractivity contribution in [3.05, 3.63) is 16.9 Å². The van der Waals surface area contributed by atoms with Crippen LogP contribution >= 0.6 is 11.6 Å². The van der Waals surface area contributed by atoms with Gasteiger partial charge in [0.05, 0.1) is 23.5 Å². The second-order valence-corrected chi connectivity index (χ2v) is 5.51. The van der Waals surface area contributed by atoms with Crippen LogP contribution in [0.2, 0.25) is 5.02 Å². The fourth-order valence-corrected chi connectivity index (χ4v) is 2.11. The van der Waals surface area contributed by atoms with E-state index >= 15 is 0 Å². The predicted molar refractivity (Wildman–Crippen MR) is 71.8 cm³/mol. The van der Waals surface area contributed by atoms with E-state index in [0.29, 0.717) is 23.3 Å². The van der Waals surface area contributed by atoms with E-state index in [-0.39, 0.29) is 0 Å². The van der Waals surface area contributed by atoms with Crippen LogP contribution in [0.25, 0.3) is 0 Å². The largest absolute Gasteiger partial charge is 0.385 e. The summed E-state index contributed by atoms with van der Waals surface area (Å²) in [6, 6.07) is 0.580. The first-order chi connectivity index (χ1) is 8.58. The topological polar surface area (TPSA) is 53.3 Å². The molecule has 0 spiro atoms. The number of aliphatic hydroxyl groups is 1. The Hall–Kier alpha value is -0.620. The zero-order valence-electron chi connectivity index (χ0n) is 10.9. The van der Waals surface area contributed by atoms with Gasteiger partial charge in [0.25, 0.3) is 0 Å². The Morgan fingerprint density at radius 3 is 2.94 bits per heavy atom.